The summed E-state index contributed by atoms with van der Waals surface area (Å²) in [5.41, 5.74) is 5.39. The second-order valence-corrected chi connectivity index (χ2v) is 7.75. The first kappa shape index (κ1) is 19.1. The Morgan fingerprint density at radius 1 is 1.17 bits per heavy atom. The van der Waals surface area contributed by atoms with Crippen LogP contribution < -0.4 is 10.6 Å². The van der Waals surface area contributed by atoms with E-state index in [1.807, 2.05) is 35.9 Å². The number of rotatable bonds is 7. The Bertz CT molecular complexity index is 1020. The van der Waals surface area contributed by atoms with Gasteiger partial charge in [-0.3, -0.25) is 4.79 Å². The molecule has 150 valence electrons. The molecule has 0 radical (unpaired) electrons. The zero-order valence-electron chi connectivity index (χ0n) is 17.0. The largest absolute Gasteiger partial charge is 0.376 e. The Hall–Kier alpha value is -3.22. The molecule has 1 aliphatic carbocycles. The molecule has 3 aromatic rings. The molecule has 1 fully saturated rings. The van der Waals surface area contributed by atoms with Crippen LogP contribution in [0.5, 0.6) is 0 Å². The van der Waals surface area contributed by atoms with Crippen LogP contribution in [0.1, 0.15) is 48.5 Å². The number of tetrazole rings is 1. The Balaban J connectivity index is 1.37. The number of anilines is 1. The molecule has 1 amide bonds. The van der Waals surface area contributed by atoms with Gasteiger partial charge in [0, 0.05) is 11.3 Å². The van der Waals surface area contributed by atoms with Gasteiger partial charge in [0.25, 0.3) is 0 Å². The molecule has 29 heavy (non-hydrogen) atoms. The number of amides is 1. The van der Waals surface area contributed by atoms with Gasteiger partial charge in [0.2, 0.25) is 5.91 Å². The third-order valence-corrected chi connectivity index (χ3v) is 5.37. The first-order valence-electron chi connectivity index (χ1n) is 10.00. The van der Waals surface area contributed by atoms with Crippen molar-refractivity contribution in [2.75, 3.05) is 11.9 Å². The molecule has 7 nitrogen and oxygen atoms in total. The van der Waals surface area contributed by atoms with E-state index < -0.39 is 0 Å². The molecule has 2 N–H and O–H groups in total. The van der Waals surface area contributed by atoms with Crippen molar-refractivity contribution in [1.82, 2.24) is 25.5 Å². The monoisotopic (exact) mass is 390 g/mol. The van der Waals surface area contributed by atoms with Crippen molar-refractivity contribution >= 4 is 11.6 Å². The van der Waals surface area contributed by atoms with E-state index in [0.29, 0.717) is 6.04 Å². The number of aryl methyl sites for hydroxylation is 2. The maximum absolute atomic E-state index is 12.4. The molecule has 0 saturated heterocycles. The number of carbonyl (C=O) groups excluding carboxylic acids is 1. The van der Waals surface area contributed by atoms with Gasteiger partial charge < -0.3 is 10.6 Å². The Morgan fingerprint density at radius 2 is 2.00 bits per heavy atom. The summed E-state index contributed by atoms with van der Waals surface area (Å²) < 4.78 is 1.89. The second kappa shape index (κ2) is 8.03. The molecule has 4 rings (SSSR count). The number of aromatic nitrogens is 4. The van der Waals surface area contributed by atoms with E-state index in [9.17, 15) is 4.79 Å². The average Bonchev–Trinajstić information content (AvgIpc) is 3.45. The predicted molar refractivity (Wildman–Crippen MR) is 112 cm³/mol. The van der Waals surface area contributed by atoms with Crippen LogP contribution in [0.2, 0.25) is 0 Å². The minimum Gasteiger partial charge on any atom is -0.376 e. The van der Waals surface area contributed by atoms with Gasteiger partial charge in [0.05, 0.1) is 18.6 Å². The fourth-order valence-corrected chi connectivity index (χ4v) is 3.31. The van der Waals surface area contributed by atoms with E-state index in [0.717, 1.165) is 35.5 Å². The van der Waals surface area contributed by atoms with Crippen molar-refractivity contribution in [3.8, 4) is 11.4 Å². The number of carbonyl (C=O) groups is 1. The summed E-state index contributed by atoms with van der Waals surface area (Å²) >= 11 is 0. The van der Waals surface area contributed by atoms with Crippen LogP contribution in [0.3, 0.4) is 0 Å². The van der Waals surface area contributed by atoms with Crippen LogP contribution >= 0.6 is 0 Å². The molecule has 0 spiro atoms. The number of benzene rings is 2. The molecule has 1 aromatic heterocycles. The van der Waals surface area contributed by atoms with Crippen molar-refractivity contribution in [3.63, 3.8) is 0 Å². The fraction of sp³-hybridized carbons (Fsp3) is 0.364. The highest BCUT2D eigenvalue weighted by Gasteiger charge is 2.28. The van der Waals surface area contributed by atoms with E-state index in [1.165, 1.54) is 11.1 Å². The van der Waals surface area contributed by atoms with Crippen molar-refractivity contribution in [3.05, 3.63) is 59.2 Å². The van der Waals surface area contributed by atoms with Crippen LogP contribution in [0.25, 0.3) is 11.4 Å². The van der Waals surface area contributed by atoms with Crippen molar-refractivity contribution < 1.29 is 4.79 Å². The smallest absolute Gasteiger partial charge is 0.239 e. The van der Waals surface area contributed by atoms with E-state index in [4.69, 9.17) is 0 Å². The standard InChI is InChI=1S/C22H26N6O/c1-14-7-8-17(11-15(14)2)16(3)24-21(29)13-23-19-6-4-5-18(12-19)22-25-26-27-28(22)20-9-10-20/h4-8,11-12,16,20,23H,9-10,13H2,1-3H3,(H,24,29). The molecule has 7 heteroatoms. The third-order valence-electron chi connectivity index (χ3n) is 5.37. The van der Waals surface area contributed by atoms with E-state index in [2.05, 4.69) is 58.2 Å². The molecule has 1 unspecified atom stereocenters. The Kier molecular flexibility index (Phi) is 5.29. The summed E-state index contributed by atoms with van der Waals surface area (Å²) in [6, 6.07) is 14.5. The third kappa shape index (κ3) is 4.45. The van der Waals surface area contributed by atoms with Gasteiger partial charge in [0.1, 0.15) is 0 Å². The molecule has 1 atom stereocenters. The van der Waals surface area contributed by atoms with Crippen LogP contribution in [-0.2, 0) is 4.79 Å². The van der Waals surface area contributed by atoms with E-state index in [-0.39, 0.29) is 18.5 Å². The molecular weight excluding hydrogens is 364 g/mol. The topological polar surface area (TPSA) is 84.7 Å². The van der Waals surface area contributed by atoms with Gasteiger partial charge >= 0.3 is 0 Å². The summed E-state index contributed by atoms with van der Waals surface area (Å²) in [7, 11) is 0. The van der Waals surface area contributed by atoms with Crippen LogP contribution in [0.4, 0.5) is 5.69 Å². The van der Waals surface area contributed by atoms with Crippen LogP contribution in [-0.4, -0.2) is 32.7 Å². The molecule has 0 aliphatic heterocycles. The van der Waals surface area contributed by atoms with Crippen LogP contribution in [0, 0.1) is 13.8 Å². The summed E-state index contributed by atoms with van der Waals surface area (Å²) in [4.78, 5) is 12.4. The molecule has 0 bridgehead atoms. The number of hydrogen-bond donors (Lipinski definition) is 2. The summed E-state index contributed by atoms with van der Waals surface area (Å²) in [5, 5.41) is 18.3. The maximum atomic E-state index is 12.4. The zero-order chi connectivity index (χ0) is 20.4. The second-order valence-electron chi connectivity index (χ2n) is 7.75. The maximum Gasteiger partial charge on any atom is 0.239 e. The fourth-order valence-electron chi connectivity index (χ4n) is 3.31. The minimum absolute atomic E-state index is 0.0434. The lowest BCUT2D eigenvalue weighted by atomic mass is 10.0. The summed E-state index contributed by atoms with van der Waals surface area (Å²) in [5.74, 6) is 0.716. The van der Waals surface area contributed by atoms with Gasteiger partial charge in [-0.15, -0.1) is 5.10 Å². The van der Waals surface area contributed by atoms with Gasteiger partial charge in [-0.1, -0.05) is 30.3 Å². The van der Waals surface area contributed by atoms with Crippen molar-refractivity contribution in [2.45, 2.75) is 45.7 Å². The number of nitrogens with one attached hydrogen (secondary N) is 2. The lowest BCUT2D eigenvalue weighted by molar-refractivity contribution is -0.120. The lowest BCUT2D eigenvalue weighted by Crippen LogP contribution is -2.32. The summed E-state index contributed by atoms with van der Waals surface area (Å²) in [6.45, 7) is 6.37. The highest BCUT2D eigenvalue weighted by atomic mass is 16.1. The molecular formula is C22H26N6O. The zero-order valence-corrected chi connectivity index (χ0v) is 17.0. The SMILES string of the molecule is Cc1ccc(C(C)NC(=O)CNc2cccc(-c3nnnn3C3CC3)c2)cc1C. The van der Waals surface area contributed by atoms with Gasteiger partial charge in [-0.25, -0.2) is 4.68 Å². The minimum atomic E-state index is -0.0519. The summed E-state index contributed by atoms with van der Waals surface area (Å²) in [6.07, 6.45) is 2.24. The molecule has 1 saturated carbocycles. The van der Waals surface area contributed by atoms with Gasteiger partial charge in [-0.2, -0.15) is 0 Å². The van der Waals surface area contributed by atoms with Gasteiger partial charge in [0.15, 0.2) is 5.82 Å². The van der Waals surface area contributed by atoms with E-state index >= 15 is 0 Å². The number of hydrogen-bond acceptors (Lipinski definition) is 5. The Labute approximate surface area is 170 Å². The number of nitrogens with zero attached hydrogens (tertiary/aromatic N) is 4. The van der Waals surface area contributed by atoms with Gasteiger partial charge in [-0.05, 0) is 72.9 Å². The highest BCUT2D eigenvalue weighted by molar-refractivity contribution is 5.81. The lowest BCUT2D eigenvalue weighted by Gasteiger charge is -2.16. The quantitative estimate of drug-likeness (QED) is 0.644. The molecule has 2 aromatic carbocycles. The molecule has 1 aliphatic rings. The van der Waals surface area contributed by atoms with Crippen molar-refractivity contribution in [2.24, 2.45) is 0 Å². The highest BCUT2D eigenvalue weighted by Crippen LogP contribution is 2.36. The van der Waals surface area contributed by atoms with Crippen LogP contribution in [0.15, 0.2) is 42.5 Å². The first-order chi connectivity index (χ1) is 14.0. The van der Waals surface area contributed by atoms with E-state index in [1.54, 1.807) is 0 Å². The Morgan fingerprint density at radius 3 is 2.76 bits per heavy atom. The normalized spacial score (nSPS) is 14.4. The molecule has 1 heterocycles. The predicted octanol–water partition coefficient (Wildman–Crippen LogP) is 3.58. The van der Waals surface area contributed by atoms with Crippen molar-refractivity contribution in [1.29, 1.82) is 0 Å². The average molecular weight is 390 g/mol. The first-order valence-corrected chi connectivity index (χ1v) is 10.00.